The number of methoxy groups -OCH3 is 1. The first-order chi connectivity index (χ1) is 19.8. The highest BCUT2D eigenvalue weighted by molar-refractivity contribution is 6.30. The number of fused-ring (bicyclic) bond motifs is 1. The molecular weight excluding hydrogens is 541 g/mol. The summed E-state index contributed by atoms with van der Waals surface area (Å²) >= 11 is 5.86. The summed E-state index contributed by atoms with van der Waals surface area (Å²) in [4.78, 5) is 25.5. The van der Waals surface area contributed by atoms with Crippen LogP contribution >= 0.6 is 11.6 Å². The maximum absolute atomic E-state index is 14.3. The third kappa shape index (κ3) is 7.80. The van der Waals surface area contributed by atoms with Gasteiger partial charge in [0.2, 0.25) is 0 Å². The number of nitrogens with zero attached hydrogens (tertiary/aromatic N) is 2. The van der Waals surface area contributed by atoms with Gasteiger partial charge in [-0.1, -0.05) is 49.2 Å². The molecule has 1 atom stereocenters. The fraction of sp³-hybridized carbons (Fsp3) is 0.364. The van der Waals surface area contributed by atoms with Gasteiger partial charge in [-0.15, -0.1) is 0 Å². The highest BCUT2D eigenvalue weighted by atomic mass is 35.5. The summed E-state index contributed by atoms with van der Waals surface area (Å²) in [5.74, 6) is -0.0354. The molecule has 1 heterocycles. The van der Waals surface area contributed by atoms with Crippen LogP contribution in [-0.4, -0.2) is 41.7 Å². The van der Waals surface area contributed by atoms with Gasteiger partial charge in [-0.2, -0.15) is 5.10 Å². The van der Waals surface area contributed by atoms with E-state index in [1.807, 2.05) is 29.9 Å². The van der Waals surface area contributed by atoms with E-state index in [-0.39, 0.29) is 17.5 Å². The molecule has 0 aliphatic carbocycles. The molecule has 0 bridgehead atoms. The number of amides is 1. The average molecular weight is 578 g/mol. The zero-order valence-corrected chi connectivity index (χ0v) is 24.6. The Morgan fingerprint density at radius 3 is 2.59 bits per heavy atom. The number of carbonyl (C=O) groups excluding carboxylic acids is 2. The third-order valence-electron chi connectivity index (χ3n) is 7.45. The van der Waals surface area contributed by atoms with Crippen LogP contribution in [0.4, 0.5) is 4.39 Å². The second-order valence-corrected chi connectivity index (χ2v) is 10.9. The Bertz CT molecular complexity index is 1500. The van der Waals surface area contributed by atoms with Crippen molar-refractivity contribution in [1.82, 2.24) is 15.1 Å². The molecule has 3 aromatic carbocycles. The molecule has 0 radical (unpaired) electrons. The van der Waals surface area contributed by atoms with Gasteiger partial charge in [-0.3, -0.25) is 14.3 Å². The minimum Gasteiger partial charge on any atom is -0.383 e. The van der Waals surface area contributed by atoms with Crippen molar-refractivity contribution in [2.75, 3.05) is 20.3 Å². The smallest absolute Gasteiger partial charge is 0.251 e. The molecule has 0 aliphatic heterocycles. The first kappa shape index (κ1) is 30.4. The Morgan fingerprint density at radius 2 is 1.88 bits per heavy atom. The van der Waals surface area contributed by atoms with E-state index in [4.69, 9.17) is 21.4 Å². The van der Waals surface area contributed by atoms with Crippen molar-refractivity contribution in [3.8, 4) is 11.1 Å². The van der Waals surface area contributed by atoms with Crippen molar-refractivity contribution < 1.29 is 18.7 Å². The maximum atomic E-state index is 14.3. The molecule has 1 unspecified atom stereocenters. The molecule has 8 heteroatoms. The Morgan fingerprint density at radius 1 is 1.10 bits per heavy atom. The van der Waals surface area contributed by atoms with Crippen molar-refractivity contribution in [3.63, 3.8) is 0 Å². The minimum absolute atomic E-state index is 0.0835. The quantitative estimate of drug-likeness (QED) is 0.123. The second-order valence-electron chi connectivity index (χ2n) is 10.4. The van der Waals surface area contributed by atoms with E-state index in [0.717, 1.165) is 48.7 Å². The molecular formula is C33H37ClFN3O3. The Kier molecular flexibility index (Phi) is 10.7. The van der Waals surface area contributed by atoms with E-state index in [2.05, 4.69) is 12.2 Å². The van der Waals surface area contributed by atoms with E-state index in [0.29, 0.717) is 52.8 Å². The molecule has 0 aliphatic rings. The third-order valence-corrected chi connectivity index (χ3v) is 7.69. The Hall–Kier alpha value is -3.55. The molecule has 216 valence electrons. The van der Waals surface area contributed by atoms with E-state index in [1.165, 1.54) is 6.07 Å². The summed E-state index contributed by atoms with van der Waals surface area (Å²) in [6, 6.07) is 15.4. The number of benzene rings is 3. The van der Waals surface area contributed by atoms with Gasteiger partial charge in [-0.25, -0.2) is 4.39 Å². The molecule has 0 fully saturated rings. The molecule has 0 saturated carbocycles. The number of ether oxygens (including phenoxy) is 1. The van der Waals surface area contributed by atoms with Crippen LogP contribution < -0.4 is 5.32 Å². The normalized spacial score (nSPS) is 12.0. The number of hydrogen-bond donors (Lipinski definition) is 1. The minimum atomic E-state index is -0.386. The zero-order valence-electron chi connectivity index (χ0n) is 23.9. The van der Waals surface area contributed by atoms with Crippen LogP contribution in [0, 0.1) is 18.7 Å². The summed E-state index contributed by atoms with van der Waals surface area (Å²) in [5, 5.41) is 8.97. The number of carbonyl (C=O) groups is 2. The van der Waals surface area contributed by atoms with Gasteiger partial charge in [0, 0.05) is 59.9 Å². The summed E-state index contributed by atoms with van der Waals surface area (Å²) in [6.07, 6.45) is 6.26. The Balaban J connectivity index is 1.35. The number of halogens is 2. The lowest BCUT2D eigenvalue weighted by Crippen LogP contribution is -2.27. The number of rotatable bonds is 14. The fourth-order valence-electron chi connectivity index (χ4n) is 5.24. The topological polar surface area (TPSA) is 73.2 Å². The van der Waals surface area contributed by atoms with Crippen LogP contribution in [0.1, 0.15) is 65.3 Å². The van der Waals surface area contributed by atoms with Gasteiger partial charge < -0.3 is 10.1 Å². The van der Waals surface area contributed by atoms with Crippen molar-refractivity contribution in [3.05, 3.63) is 88.3 Å². The molecule has 1 N–H and O–H groups in total. The second kappa shape index (κ2) is 14.4. The first-order valence-corrected chi connectivity index (χ1v) is 14.5. The average Bonchev–Trinajstić information content (AvgIpc) is 3.37. The van der Waals surface area contributed by atoms with Crippen molar-refractivity contribution in [2.45, 2.75) is 52.5 Å². The fourth-order valence-corrected chi connectivity index (χ4v) is 5.40. The van der Waals surface area contributed by atoms with Gasteiger partial charge in [0.1, 0.15) is 5.82 Å². The highest BCUT2D eigenvalue weighted by Crippen LogP contribution is 2.27. The molecule has 4 aromatic rings. The van der Waals surface area contributed by atoms with Gasteiger partial charge in [0.25, 0.3) is 5.91 Å². The standard InChI is InChI=1S/C33H37ClFN3O3/c1-4-6-23(20-38-21-29-22(2)27(15-16-31(29)37-38)33(40)36-17-18-41-3)7-5-8-32(39)25-11-9-24(10-12-25)28-14-13-26(34)19-30(28)35/h9-16,19,21,23H,4-8,17-18,20H2,1-3H3,(H,36,40). The van der Waals surface area contributed by atoms with E-state index in [9.17, 15) is 14.0 Å². The largest absolute Gasteiger partial charge is 0.383 e. The van der Waals surface area contributed by atoms with Crippen LogP contribution in [0.5, 0.6) is 0 Å². The van der Waals surface area contributed by atoms with Crippen LogP contribution in [0.2, 0.25) is 5.02 Å². The van der Waals surface area contributed by atoms with Gasteiger partial charge in [0.15, 0.2) is 5.78 Å². The van der Waals surface area contributed by atoms with Crippen LogP contribution in [0.15, 0.2) is 60.8 Å². The van der Waals surface area contributed by atoms with E-state index in [1.54, 1.807) is 43.5 Å². The number of aromatic nitrogens is 2. The highest BCUT2D eigenvalue weighted by Gasteiger charge is 2.16. The van der Waals surface area contributed by atoms with Crippen molar-refractivity contribution in [2.24, 2.45) is 5.92 Å². The zero-order chi connectivity index (χ0) is 29.4. The molecule has 6 nitrogen and oxygen atoms in total. The van der Waals surface area contributed by atoms with Crippen molar-refractivity contribution in [1.29, 1.82) is 0 Å². The van der Waals surface area contributed by atoms with Gasteiger partial charge >= 0.3 is 0 Å². The Labute approximate surface area is 245 Å². The van der Waals surface area contributed by atoms with Gasteiger partial charge in [0.05, 0.1) is 12.1 Å². The number of ketones is 1. The van der Waals surface area contributed by atoms with Crippen molar-refractivity contribution >= 4 is 34.2 Å². The maximum Gasteiger partial charge on any atom is 0.251 e. The molecule has 1 amide bonds. The number of nitrogens with one attached hydrogen (secondary N) is 1. The monoisotopic (exact) mass is 577 g/mol. The molecule has 4 rings (SSSR count). The number of Topliss-reactive ketones (excluding diaryl/α,β-unsaturated/α-hetero) is 1. The van der Waals surface area contributed by atoms with Crippen LogP contribution in [0.3, 0.4) is 0 Å². The van der Waals surface area contributed by atoms with Crippen LogP contribution in [-0.2, 0) is 11.3 Å². The van der Waals surface area contributed by atoms with Crippen LogP contribution in [0.25, 0.3) is 22.0 Å². The number of hydrogen-bond acceptors (Lipinski definition) is 4. The SMILES string of the molecule is CCCC(CCCC(=O)c1ccc(-c2ccc(Cl)cc2F)cc1)Cn1cc2c(C)c(C(=O)NCCOC)ccc2n1. The predicted molar refractivity (Wildman–Crippen MR) is 162 cm³/mol. The lowest BCUT2D eigenvalue weighted by Gasteiger charge is -2.16. The first-order valence-electron chi connectivity index (χ1n) is 14.1. The number of aryl methyl sites for hydroxylation is 1. The molecule has 1 aromatic heterocycles. The summed E-state index contributed by atoms with van der Waals surface area (Å²) in [7, 11) is 1.60. The lowest BCUT2D eigenvalue weighted by atomic mass is 9.94. The summed E-state index contributed by atoms with van der Waals surface area (Å²) < 4.78 is 21.3. The van der Waals surface area contributed by atoms with Gasteiger partial charge in [-0.05, 0) is 73.6 Å². The molecule has 0 saturated heterocycles. The molecule has 0 spiro atoms. The predicted octanol–water partition coefficient (Wildman–Crippen LogP) is 7.65. The van der Waals surface area contributed by atoms with E-state index >= 15 is 0 Å². The summed E-state index contributed by atoms with van der Waals surface area (Å²) in [6.45, 7) is 5.80. The molecule has 41 heavy (non-hydrogen) atoms. The summed E-state index contributed by atoms with van der Waals surface area (Å²) in [5.41, 5.74) is 4.21. The lowest BCUT2D eigenvalue weighted by molar-refractivity contribution is 0.0935. The van der Waals surface area contributed by atoms with E-state index < -0.39 is 0 Å².